The average Bonchev–Trinajstić information content (AvgIpc) is 2.62. The van der Waals surface area contributed by atoms with E-state index in [1.807, 2.05) is 0 Å². The van der Waals surface area contributed by atoms with Crippen LogP contribution in [0, 0.1) is 5.41 Å². The number of carbonyl (C=O) groups is 1. The highest BCUT2D eigenvalue weighted by Gasteiger charge is 2.14. The molecule has 0 radical (unpaired) electrons. The van der Waals surface area contributed by atoms with Crippen molar-refractivity contribution >= 4 is 5.97 Å². The first kappa shape index (κ1) is 12.7. The molecule has 16 heavy (non-hydrogen) atoms. The van der Waals surface area contributed by atoms with Gasteiger partial charge in [-0.15, -0.1) is 5.10 Å². The van der Waals surface area contributed by atoms with E-state index in [4.69, 9.17) is 4.74 Å². The molecule has 1 aromatic heterocycles. The number of rotatable bonds is 4. The molecule has 0 aliphatic heterocycles. The van der Waals surface area contributed by atoms with Gasteiger partial charge in [-0.1, -0.05) is 20.8 Å². The summed E-state index contributed by atoms with van der Waals surface area (Å²) in [6.45, 7) is 9.30. The summed E-state index contributed by atoms with van der Waals surface area (Å²) < 4.78 is 4.83. The first-order chi connectivity index (χ1) is 7.42. The maximum absolute atomic E-state index is 11.3. The molecule has 0 bridgehead atoms. The zero-order valence-corrected chi connectivity index (χ0v) is 10.4. The summed E-state index contributed by atoms with van der Waals surface area (Å²) in [7, 11) is 0. The van der Waals surface area contributed by atoms with Crippen LogP contribution in [-0.4, -0.2) is 27.6 Å². The molecular weight excluding hydrogens is 206 g/mol. The van der Waals surface area contributed by atoms with Gasteiger partial charge in [-0.2, -0.15) is 9.90 Å². The smallest absolute Gasteiger partial charge is 0.360 e. The molecule has 0 atom stereocenters. The number of aryl methyl sites for hydroxylation is 1. The highest BCUT2D eigenvalue weighted by Crippen LogP contribution is 2.18. The van der Waals surface area contributed by atoms with Gasteiger partial charge in [-0.25, -0.2) is 4.79 Å². The lowest BCUT2D eigenvalue weighted by atomic mass is 9.92. The van der Waals surface area contributed by atoms with Crippen molar-refractivity contribution in [1.29, 1.82) is 0 Å². The molecule has 0 N–H and O–H groups in total. The fourth-order valence-electron chi connectivity index (χ4n) is 1.14. The molecule has 0 aliphatic carbocycles. The summed E-state index contributed by atoms with van der Waals surface area (Å²) in [5.41, 5.74) is 0.508. The Morgan fingerprint density at radius 3 is 2.75 bits per heavy atom. The Morgan fingerprint density at radius 1 is 1.50 bits per heavy atom. The van der Waals surface area contributed by atoms with Crippen molar-refractivity contribution in [3.8, 4) is 0 Å². The monoisotopic (exact) mass is 225 g/mol. The number of carbonyl (C=O) groups excluding carboxylic acids is 1. The van der Waals surface area contributed by atoms with Crippen molar-refractivity contribution in [3.63, 3.8) is 0 Å². The van der Waals surface area contributed by atoms with Crippen LogP contribution in [0.1, 0.15) is 44.6 Å². The van der Waals surface area contributed by atoms with Crippen molar-refractivity contribution in [1.82, 2.24) is 15.0 Å². The SMILES string of the molecule is CCOC(=O)c1cnn(CCC(C)(C)C)n1. The fourth-order valence-corrected chi connectivity index (χ4v) is 1.14. The number of hydrogen-bond acceptors (Lipinski definition) is 4. The first-order valence-corrected chi connectivity index (χ1v) is 5.49. The van der Waals surface area contributed by atoms with Gasteiger partial charge in [0.1, 0.15) is 0 Å². The second-order valence-electron chi connectivity index (χ2n) is 4.86. The molecule has 0 aromatic carbocycles. The molecule has 0 fully saturated rings. The van der Waals surface area contributed by atoms with Crippen LogP contribution in [0.15, 0.2) is 6.20 Å². The Bertz CT molecular complexity index is 352. The molecule has 1 aromatic rings. The lowest BCUT2D eigenvalue weighted by Crippen LogP contribution is -2.13. The molecule has 0 saturated heterocycles. The minimum Gasteiger partial charge on any atom is -0.461 e. The zero-order chi connectivity index (χ0) is 12.2. The van der Waals surface area contributed by atoms with E-state index in [1.165, 1.54) is 11.0 Å². The van der Waals surface area contributed by atoms with Crippen LogP contribution in [-0.2, 0) is 11.3 Å². The lowest BCUT2D eigenvalue weighted by molar-refractivity contribution is 0.0518. The van der Waals surface area contributed by atoms with Crippen LogP contribution in [0.4, 0.5) is 0 Å². The van der Waals surface area contributed by atoms with Gasteiger partial charge in [0.05, 0.1) is 19.3 Å². The van der Waals surface area contributed by atoms with E-state index >= 15 is 0 Å². The normalized spacial score (nSPS) is 11.5. The summed E-state index contributed by atoms with van der Waals surface area (Å²) in [5.74, 6) is -0.412. The number of esters is 1. The molecule has 0 saturated carbocycles. The van der Waals surface area contributed by atoms with E-state index in [9.17, 15) is 4.79 Å². The Morgan fingerprint density at radius 2 is 2.19 bits per heavy atom. The summed E-state index contributed by atoms with van der Waals surface area (Å²) in [6, 6.07) is 0. The van der Waals surface area contributed by atoms with Crippen molar-refractivity contribution in [3.05, 3.63) is 11.9 Å². The van der Waals surface area contributed by atoms with E-state index in [0.29, 0.717) is 13.2 Å². The molecule has 5 heteroatoms. The third-order valence-corrected chi connectivity index (χ3v) is 2.08. The Hall–Kier alpha value is -1.39. The van der Waals surface area contributed by atoms with Gasteiger partial charge < -0.3 is 4.74 Å². The van der Waals surface area contributed by atoms with Crippen LogP contribution in [0.25, 0.3) is 0 Å². The van der Waals surface area contributed by atoms with Crippen LogP contribution in [0.3, 0.4) is 0 Å². The number of hydrogen-bond donors (Lipinski definition) is 0. The second kappa shape index (κ2) is 5.09. The van der Waals surface area contributed by atoms with Crippen molar-refractivity contribution < 1.29 is 9.53 Å². The van der Waals surface area contributed by atoms with E-state index in [1.54, 1.807) is 6.92 Å². The van der Waals surface area contributed by atoms with E-state index in [2.05, 4.69) is 31.0 Å². The Balaban J connectivity index is 2.55. The van der Waals surface area contributed by atoms with Crippen LogP contribution >= 0.6 is 0 Å². The van der Waals surface area contributed by atoms with Gasteiger partial charge in [0.25, 0.3) is 0 Å². The first-order valence-electron chi connectivity index (χ1n) is 5.49. The van der Waals surface area contributed by atoms with E-state index < -0.39 is 5.97 Å². The molecule has 1 rings (SSSR count). The van der Waals surface area contributed by atoms with Crippen LogP contribution in [0.5, 0.6) is 0 Å². The van der Waals surface area contributed by atoms with Crippen molar-refractivity contribution in [2.75, 3.05) is 6.61 Å². The molecule has 90 valence electrons. The summed E-state index contributed by atoms with van der Waals surface area (Å²) in [6.07, 6.45) is 2.41. The Kier molecular flexibility index (Phi) is 4.04. The van der Waals surface area contributed by atoms with Crippen molar-refractivity contribution in [2.24, 2.45) is 5.41 Å². The topological polar surface area (TPSA) is 57.0 Å². The van der Waals surface area contributed by atoms with Gasteiger partial charge in [0.2, 0.25) is 0 Å². The molecule has 0 spiro atoms. The maximum Gasteiger partial charge on any atom is 0.360 e. The van der Waals surface area contributed by atoms with Gasteiger partial charge in [-0.3, -0.25) is 0 Å². The third kappa shape index (κ3) is 4.00. The van der Waals surface area contributed by atoms with E-state index in [-0.39, 0.29) is 11.1 Å². The molecular formula is C11H19N3O2. The minimum atomic E-state index is -0.412. The second-order valence-corrected chi connectivity index (χ2v) is 4.86. The number of ether oxygens (including phenoxy) is 1. The quantitative estimate of drug-likeness (QED) is 0.734. The highest BCUT2D eigenvalue weighted by atomic mass is 16.5. The summed E-state index contributed by atoms with van der Waals surface area (Å²) in [5, 5.41) is 8.09. The lowest BCUT2D eigenvalue weighted by Gasteiger charge is -2.16. The predicted octanol–water partition coefficient (Wildman–Crippen LogP) is 1.89. The zero-order valence-electron chi connectivity index (χ0n) is 10.4. The highest BCUT2D eigenvalue weighted by molar-refractivity contribution is 5.86. The summed E-state index contributed by atoms with van der Waals surface area (Å²) >= 11 is 0. The van der Waals surface area contributed by atoms with E-state index in [0.717, 1.165) is 6.42 Å². The third-order valence-electron chi connectivity index (χ3n) is 2.08. The number of nitrogens with zero attached hydrogens (tertiary/aromatic N) is 3. The van der Waals surface area contributed by atoms with Gasteiger partial charge >= 0.3 is 5.97 Å². The van der Waals surface area contributed by atoms with Gasteiger partial charge in [-0.05, 0) is 18.8 Å². The van der Waals surface area contributed by atoms with Crippen LogP contribution in [0.2, 0.25) is 0 Å². The standard InChI is InChI=1S/C11H19N3O2/c1-5-16-10(15)9-8-12-14(13-9)7-6-11(2,3)4/h8H,5-7H2,1-4H3. The Labute approximate surface area is 95.8 Å². The molecule has 1 heterocycles. The van der Waals surface area contributed by atoms with Gasteiger partial charge in [0.15, 0.2) is 5.69 Å². The number of aromatic nitrogens is 3. The van der Waals surface area contributed by atoms with Crippen LogP contribution < -0.4 is 0 Å². The molecule has 0 amide bonds. The molecule has 0 aliphatic rings. The maximum atomic E-state index is 11.3. The molecule has 0 unspecified atom stereocenters. The average molecular weight is 225 g/mol. The fraction of sp³-hybridized carbons (Fsp3) is 0.727. The summed E-state index contributed by atoms with van der Waals surface area (Å²) in [4.78, 5) is 12.9. The van der Waals surface area contributed by atoms with Crippen molar-refractivity contribution in [2.45, 2.75) is 40.7 Å². The molecule has 5 nitrogen and oxygen atoms in total. The largest absolute Gasteiger partial charge is 0.461 e. The minimum absolute atomic E-state index is 0.234. The van der Waals surface area contributed by atoms with Gasteiger partial charge in [0, 0.05) is 0 Å². The predicted molar refractivity (Wildman–Crippen MR) is 60.1 cm³/mol.